The number of alkyl halides is 3. The van der Waals surface area contributed by atoms with Crippen molar-refractivity contribution in [2.75, 3.05) is 11.1 Å². The smallest absolute Gasteiger partial charge is 0.325 e. The molecule has 2 heterocycles. The van der Waals surface area contributed by atoms with Crippen molar-refractivity contribution in [1.82, 2.24) is 19.6 Å². The first-order valence-corrected chi connectivity index (χ1v) is 10.0. The molecule has 6 nitrogen and oxygen atoms in total. The van der Waals surface area contributed by atoms with E-state index in [1.165, 1.54) is 6.07 Å². The SMILES string of the molecule is Cc1nnc2c(SCC(=O)Nc3ccc(Cl)c(C(F)(F)F)c3)nc3ccccc3n12. The van der Waals surface area contributed by atoms with Gasteiger partial charge in [-0.15, -0.1) is 10.2 Å². The van der Waals surface area contributed by atoms with Crippen molar-refractivity contribution in [3.8, 4) is 0 Å². The van der Waals surface area contributed by atoms with Gasteiger partial charge in [0.15, 0.2) is 5.65 Å². The number of carbonyl (C=O) groups is 1. The van der Waals surface area contributed by atoms with Gasteiger partial charge >= 0.3 is 6.18 Å². The van der Waals surface area contributed by atoms with E-state index in [0.717, 1.165) is 29.4 Å². The molecule has 2 aromatic heterocycles. The molecule has 0 bridgehead atoms. The van der Waals surface area contributed by atoms with Gasteiger partial charge in [-0.25, -0.2) is 4.98 Å². The summed E-state index contributed by atoms with van der Waals surface area (Å²) < 4.78 is 40.8. The summed E-state index contributed by atoms with van der Waals surface area (Å²) in [7, 11) is 0. The molecule has 4 rings (SSSR count). The maximum atomic E-state index is 13.0. The Labute approximate surface area is 177 Å². The molecule has 4 aromatic rings. The third-order valence-electron chi connectivity index (χ3n) is 4.26. The molecule has 1 N–H and O–H groups in total. The van der Waals surface area contributed by atoms with Crippen molar-refractivity contribution < 1.29 is 18.0 Å². The number of benzene rings is 2. The molecule has 0 saturated heterocycles. The van der Waals surface area contributed by atoms with Gasteiger partial charge in [0.1, 0.15) is 10.9 Å². The zero-order valence-corrected chi connectivity index (χ0v) is 16.9. The van der Waals surface area contributed by atoms with Crippen LogP contribution in [0.25, 0.3) is 16.7 Å². The maximum absolute atomic E-state index is 13.0. The van der Waals surface area contributed by atoms with Crippen LogP contribution in [0.5, 0.6) is 0 Å². The van der Waals surface area contributed by atoms with Crippen LogP contribution in [0.2, 0.25) is 5.02 Å². The van der Waals surface area contributed by atoms with Crippen LogP contribution in [0.3, 0.4) is 0 Å². The van der Waals surface area contributed by atoms with E-state index in [1.54, 1.807) is 0 Å². The number of anilines is 1. The zero-order chi connectivity index (χ0) is 21.5. The van der Waals surface area contributed by atoms with Crippen LogP contribution in [0.4, 0.5) is 18.9 Å². The number of hydrogen-bond donors (Lipinski definition) is 1. The van der Waals surface area contributed by atoms with Crippen molar-refractivity contribution in [2.45, 2.75) is 18.1 Å². The second-order valence-corrected chi connectivity index (χ2v) is 7.71. The number of hydrogen-bond acceptors (Lipinski definition) is 5. The highest BCUT2D eigenvalue weighted by atomic mass is 35.5. The van der Waals surface area contributed by atoms with Gasteiger partial charge in [0.05, 0.1) is 27.4 Å². The van der Waals surface area contributed by atoms with Crippen LogP contribution < -0.4 is 5.32 Å². The monoisotopic (exact) mass is 451 g/mol. The minimum absolute atomic E-state index is 0.00673. The third kappa shape index (κ3) is 3.92. The molecule has 0 spiro atoms. The average Bonchev–Trinajstić information content (AvgIpc) is 3.09. The van der Waals surface area contributed by atoms with Crippen molar-refractivity contribution in [1.29, 1.82) is 0 Å². The normalized spacial score (nSPS) is 11.9. The van der Waals surface area contributed by atoms with Crippen molar-refractivity contribution >= 4 is 51.6 Å². The summed E-state index contributed by atoms with van der Waals surface area (Å²) >= 11 is 6.73. The number of aromatic nitrogens is 4. The first-order valence-electron chi connectivity index (χ1n) is 8.64. The summed E-state index contributed by atoms with van der Waals surface area (Å²) in [5, 5.41) is 10.7. The number of rotatable bonds is 4. The number of thioether (sulfide) groups is 1. The number of fused-ring (bicyclic) bond motifs is 3. The largest absolute Gasteiger partial charge is 0.417 e. The van der Waals surface area contributed by atoms with E-state index in [2.05, 4.69) is 20.5 Å². The van der Waals surface area contributed by atoms with Gasteiger partial charge in [0, 0.05) is 5.69 Å². The Morgan fingerprint density at radius 2 is 1.97 bits per heavy atom. The number of nitrogens with zero attached hydrogens (tertiary/aromatic N) is 4. The summed E-state index contributed by atoms with van der Waals surface area (Å²) in [6.45, 7) is 1.81. The van der Waals surface area contributed by atoms with Crippen LogP contribution in [0.1, 0.15) is 11.4 Å². The predicted octanol–water partition coefficient (Wildman–Crippen LogP) is 4.99. The topological polar surface area (TPSA) is 72.2 Å². The van der Waals surface area contributed by atoms with Crippen LogP contribution >= 0.6 is 23.4 Å². The first-order chi connectivity index (χ1) is 14.2. The average molecular weight is 452 g/mol. The molecule has 0 radical (unpaired) electrons. The van der Waals surface area contributed by atoms with Crippen molar-refractivity contribution in [3.63, 3.8) is 0 Å². The Bertz CT molecular complexity index is 1270. The molecule has 154 valence electrons. The van der Waals surface area contributed by atoms with E-state index < -0.39 is 22.7 Å². The molecule has 0 unspecified atom stereocenters. The molecule has 0 aliphatic carbocycles. The Kier molecular flexibility index (Phi) is 5.29. The lowest BCUT2D eigenvalue weighted by Gasteiger charge is -2.12. The molecule has 2 aromatic carbocycles. The number of nitrogens with one attached hydrogen (secondary N) is 1. The summed E-state index contributed by atoms with van der Waals surface area (Å²) in [6.07, 6.45) is -4.61. The molecule has 0 aliphatic heterocycles. The fourth-order valence-electron chi connectivity index (χ4n) is 2.94. The predicted molar refractivity (Wildman–Crippen MR) is 109 cm³/mol. The molecule has 0 saturated carbocycles. The molecular formula is C19H13ClF3N5OS. The molecule has 11 heteroatoms. The Morgan fingerprint density at radius 1 is 1.20 bits per heavy atom. The van der Waals surface area contributed by atoms with E-state index in [4.69, 9.17) is 11.6 Å². The zero-order valence-electron chi connectivity index (χ0n) is 15.4. The Balaban J connectivity index is 1.55. The van der Waals surface area contributed by atoms with Crippen LogP contribution in [0.15, 0.2) is 47.5 Å². The van der Waals surface area contributed by atoms with E-state index in [9.17, 15) is 18.0 Å². The van der Waals surface area contributed by atoms with Crippen molar-refractivity contribution in [3.05, 3.63) is 58.9 Å². The van der Waals surface area contributed by atoms with Crippen molar-refractivity contribution in [2.24, 2.45) is 0 Å². The number of amides is 1. The van der Waals surface area contributed by atoms with Gasteiger partial charge in [-0.1, -0.05) is 35.5 Å². The lowest BCUT2D eigenvalue weighted by Crippen LogP contribution is -2.15. The first kappa shape index (κ1) is 20.4. The standard InChI is InChI=1S/C19H13ClF3N5OS/c1-10-26-27-17-18(25-14-4-2-3-5-15(14)28(10)17)30-9-16(29)24-11-6-7-13(20)12(8-11)19(21,22)23/h2-8H,9H2,1H3,(H,24,29). The van der Waals surface area contributed by atoms with Gasteiger partial charge in [0.25, 0.3) is 0 Å². The fraction of sp³-hybridized carbons (Fsp3) is 0.158. The van der Waals surface area contributed by atoms with Gasteiger partial charge in [-0.2, -0.15) is 13.2 Å². The van der Waals surface area contributed by atoms with Crippen LogP contribution in [0, 0.1) is 6.92 Å². The van der Waals surface area contributed by atoms with E-state index in [-0.39, 0.29) is 11.4 Å². The molecular weight excluding hydrogens is 439 g/mol. The fourth-order valence-corrected chi connectivity index (χ4v) is 3.93. The molecule has 0 atom stereocenters. The highest BCUT2D eigenvalue weighted by molar-refractivity contribution is 8.00. The lowest BCUT2D eigenvalue weighted by molar-refractivity contribution is -0.137. The highest BCUT2D eigenvalue weighted by Crippen LogP contribution is 2.36. The summed E-state index contributed by atoms with van der Waals surface area (Å²) in [6, 6.07) is 10.7. The Hall–Kier alpha value is -2.85. The lowest BCUT2D eigenvalue weighted by atomic mass is 10.2. The Morgan fingerprint density at radius 3 is 2.73 bits per heavy atom. The van der Waals surface area contributed by atoms with Crippen LogP contribution in [-0.4, -0.2) is 31.2 Å². The number of carbonyl (C=O) groups excluding carboxylic acids is 1. The quantitative estimate of drug-likeness (QED) is 0.443. The van der Waals surface area contributed by atoms with E-state index >= 15 is 0 Å². The molecule has 0 fully saturated rings. The minimum atomic E-state index is -4.61. The molecule has 0 aliphatic rings. The van der Waals surface area contributed by atoms with Crippen LogP contribution in [-0.2, 0) is 11.0 Å². The summed E-state index contributed by atoms with van der Waals surface area (Å²) in [4.78, 5) is 16.9. The minimum Gasteiger partial charge on any atom is -0.325 e. The van der Waals surface area contributed by atoms with E-state index in [1.807, 2.05) is 35.6 Å². The number of para-hydroxylation sites is 2. The number of aryl methyl sites for hydroxylation is 1. The van der Waals surface area contributed by atoms with Gasteiger partial charge in [-0.05, 0) is 37.3 Å². The second kappa shape index (κ2) is 7.77. The highest BCUT2D eigenvalue weighted by Gasteiger charge is 2.33. The summed E-state index contributed by atoms with van der Waals surface area (Å²) in [5.41, 5.74) is 1.06. The van der Waals surface area contributed by atoms with Gasteiger partial charge in [-0.3, -0.25) is 9.20 Å². The second-order valence-electron chi connectivity index (χ2n) is 6.34. The van der Waals surface area contributed by atoms with E-state index in [0.29, 0.717) is 22.0 Å². The molecule has 1 amide bonds. The molecule has 30 heavy (non-hydrogen) atoms. The van der Waals surface area contributed by atoms with Gasteiger partial charge in [0.2, 0.25) is 5.91 Å². The summed E-state index contributed by atoms with van der Waals surface area (Å²) in [5.74, 6) is 0.118. The maximum Gasteiger partial charge on any atom is 0.417 e. The van der Waals surface area contributed by atoms with Gasteiger partial charge < -0.3 is 5.32 Å². The number of halogens is 4. The third-order valence-corrected chi connectivity index (χ3v) is 5.54.